The van der Waals surface area contributed by atoms with Crippen molar-refractivity contribution in [3.05, 3.63) is 33.3 Å². The lowest BCUT2D eigenvalue weighted by molar-refractivity contribution is -0.385. The highest BCUT2D eigenvalue weighted by Gasteiger charge is 2.18. The van der Waals surface area contributed by atoms with E-state index in [9.17, 15) is 10.1 Å². The molecule has 0 radical (unpaired) electrons. The molecule has 1 unspecified atom stereocenters. The fourth-order valence-corrected chi connectivity index (χ4v) is 1.82. The molecule has 0 aromatic heterocycles. The molecule has 0 spiro atoms. The molecule has 1 aromatic rings. The van der Waals surface area contributed by atoms with Gasteiger partial charge in [0.15, 0.2) is 0 Å². The lowest BCUT2D eigenvalue weighted by Crippen LogP contribution is -2.25. The molecule has 19 heavy (non-hydrogen) atoms. The first-order valence-electron chi connectivity index (χ1n) is 6.32. The van der Waals surface area contributed by atoms with E-state index in [0.717, 1.165) is 19.5 Å². The van der Waals surface area contributed by atoms with Crippen LogP contribution in [-0.2, 0) is 0 Å². The Morgan fingerprint density at radius 1 is 1.53 bits per heavy atom. The zero-order valence-electron chi connectivity index (χ0n) is 11.2. The van der Waals surface area contributed by atoms with E-state index in [0.29, 0.717) is 6.61 Å². The number of benzene rings is 1. The molecule has 0 bridgehead atoms. The Balaban J connectivity index is 2.59. The first-order chi connectivity index (χ1) is 9.06. The van der Waals surface area contributed by atoms with Gasteiger partial charge in [0.1, 0.15) is 0 Å². The van der Waals surface area contributed by atoms with Crippen LogP contribution in [0.5, 0.6) is 5.75 Å². The fraction of sp³-hybridized carbons (Fsp3) is 0.538. The largest absolute Gasteiger partial charge is 0.485 e. The van der Waals surface area contributed by atoms with E-state index < -0.39 is 4.92 Å². The number of nitrogens with zero attached hydrogens (tertiary/aromatic N) is 1. The van der Waals surface area contributed by atoms with Gasteiger partial charge in [-0.05, 0) is 19.0 Å². The summed E-state index contributed by atoms with van der Waals surface area (Å²) in [5.74, 6) is 0.402. The highest BCUT2D eigenvalue weighted by atomic mass is 35.5. The number of halogens is 1. The molecule has 0 aliphatic heterocycles. The molecule has 0 heterocycles. The topological polar surface area (TPSA) is 64.4 Å². The number of nitro benzene ring substituents is 1. The van der Waals surface area contributed by atoms with Crippen LogP contribution in [0.2, 0.25) is 5.02 Å². The van der Waals surface area contributed by atoms with Crippen LogP contribution < -0.4 is 10.1 Å². The van der Waals surface area contributed by atoms with E-state index >= 15 is 0 Å². The van der Waals surface area contributed by atoms with E-state index in [1.807, 2.05) is 6.92 Å². The third-order valence-electron chi connectivity index (χ3n) is 2.57. The maximum atomic E-state index is 10.9. The van der Waals surface area contributed by atoms with Gasteiger partial charge in [-0.25, -0.2) is 0 Å². The Bertz CT molecular complexity index is 426. The van der Waals surface area contributed by atoms with Gasteiger partial charge >= 0.3 is 5.69 Å². The molecule has 0 fully saturated rings. The van der Waals surface area contributed by atoms with Crippen molar-refractivity contribution in [2.45, 2.75) is 20.3 Å². The number of hydrogen-bond donors (Lipinski definition) is 1. The minimum absolute atomic E-state index is 0.0961. The Labute approximate surface area is 118 Å². The van der Waals surface area contributed by atoms with Crippen molar-refractivity contribution in [2.24, 2.45) is 5.92 Å². The predicted molar refractivity (Wildman–Crippen MR) is 75.9 cm³/mol. The quantitative estimate of drug-likeness (QED) is 0.452. The number of para-hydroxylation sites is 1. The van der Waals surface area contributed by atoms with E-state index in [1.54, 1.807) is 12.1 Å². The van der Waals surface area contributed by atoms with Gasteiger partial charge < -0.3 is 10.1 Å². The van der Waals surface area contributed by atoms with Crippen molar-refractivity contribution >= 4 is 17.3 Å². The summed E-state index contributed by atoms with van der Waals surface area (Å²) in [6.07, 6.45) is 1.07. The van der Waals surface area contributed by atoms with E-state index in [2.05, 4.69) is 12.2 Å². The molecule has 0 aliphatic rings. The Hall–Kier alpha value is -1.33. The molecule has 0 amide bonds. The fourth-order valence-electron chi connectivity index (χ4n) is 1.59. The first-order valence-corrected chi connectivity index (χ1v) is 6.70. The lowest BCUT2D eigenvalue weighted by atomic mass is 10.2. The highest BCUT2D eigenvalue weighted by molar-refractivity contribution is 6.32. The van der Waals surface area contributed by atoms with Gasteiger partial charge in [-0.3, -0.25) is 10.1 Å². The van der Waals surface area contributed by atoms with Crippen LogP contribution in [0.15, 0.2) is 18.2 Å². The zero-order valence-corrected chi connectivity index (χ0v) is 11.9. The minimum atomic E-state index is -0.485. The SMILES string of the molecule is CCCNCC(C)COc1c(Cl)cccc1[N+](=O)[O-]. The Morgan fingerprint density at radius 2 is 2.26 bits per heavy atom. The summed E-state index contributed by atoms with van der Waals surface area (Å²) in [7, 11) is 0. The number of rotatable bonds is 8. The van der Waals surface area contributed by atoms with Crippen LogP contribution >= 0.6 is 11.6 Å². The van der Waals surface area contributed by atoms with Gasteiger partial charge in [-0.15, -0.1) is 0 Å². The van der Waals surface area contributed by atoms with Crippen LogP contribution in [0.1, 0.15) is 20.3 Å². The number of nitrogens with one attached hydrogen (secondary N) is 1. The van der Waals surface area contributed by atoms with Crippen LogP contribution in [0, 0.1) is 16.0 Å². The third-order valence-corrected chi connectivity index (χ3v) is 2.87. The predicted octanol–water partition coefficient (Wildman–Crippen LogP) is 3.26. The molecule has 1 atom stereocenters. The van der Waals surface area contributed by atoms with E-state index in [1.165, 1.54) is 6.07 Å². The van der Waals surface area contributed by atoms with Crippen molar-refractivity contribution in [1.29, 1.82) is 0 Å². The molecule has 0 aliphatic carbocycles. The van der Waals surface area contributed by atoms with Gasteiger partial charge in [0, 0.05) is 18.5 Å². The molecule has 1 aromatic carbocycles. The zero-order chi connectivity index (χ0) is 14.3. The molecule has 1 N–H and O–H groups in total. The second kappa shape index (κ2) is 7.96. The van der Waals surface area contributed by atoms with Crippen molar-refractivity contribution in [1.82, 2.24) is 5.32 Å². The van der Waals surface area contributed by atoms with Crippen LogP contribution in [-0.4, -0.2) is 24.6 Å². The van der Waals surface area contributed by atoms with Crippen molar-refractivity contribution in [2.75, 3.05) is 19.7 Å². The summed E-state index contributed by atoms with van der Waals surface area (Å²) >= 11 is 5.94. The van der Waals surface area contributed by atoms with Gasteiger partial charge in [0.05, 0.1) is 16.6 Å². The molecular formula is C13H19ClN2O3. The minimum Gasteiger partial charge on any atom is -0.485 e. The Kier molecular flexibility index (Phi) is 6.59. The Morgan fingerprint density at radius 3 is 2.89 bits per heavy atom. The first kappa shape index (κ1) is 15.7. The normalized spacial score (nSPS) is 12.2. The molecule has 0 saturated carbocycles. The lowest BCUT2D eigenvalue weighted by Gasteiger charge is -2.14. The highest BCUT2D eigenvalue weighted by Crippen LogP contribution is 2.34. The summed E-state index contributed by atoms with van der Waals surface area (Å²) in [6.45, 7) is 6.27. The van der Waals surface area contributed by atoms with Gasteiger partial charge in [-0.1, -0.05) is 31.5 Å². The number of ether oxygens (including phenoxy) is 1. The van der Waals surface area contributed by atoms with Gasteiger partial charge in [-0.2, -0.15) is 0 Å². The molecule has 1 rings (SSSR count). The summed E-state index contributed by atoms with van der Waals surface area (Å²) in [5, 5.41) is 14.4. The molecular weight excluding hydrogens is 268 g/mol. The molecule has 5 nitrogen and oxygen atoms in total. The van der Waals surface area contributed by atoms with Crippen molar-refractivity contribution in [3.8, 4) is 5.75 Å². The van der Waals surface area contributed by atoms with Crippen LogP contribution in [0.3, 0.4) is 0 Å². The van der Waals surface area contributed by atoms with Gasteiger partial charge in [0.25, 0.3) is 0 Å². The molecule has 106 valence electrons. The average molecular weight is 287 g/mol. The summed E-state index contributed by atoms with van der Waals surface area (Å²) < 4.78 is 5.51. The average Bonchev–Trinajstić information content (AvgIpc) is 2.37. The second-order valence-corrected chi connectivity index (χ2v) is 4.87. The molecule has 0 saturated heterocycles. The summed E-state index contributed by atoms with van der Waals surface area (Å²) in [6, 6.07) is 4.52. The molecule has 6 heteroatoms. The third kappa shape index (κ3) is 5.04. The van der Waals surface area contributed by atoms with Crippen LogP contribution in [0.4, 0.5) is 5.69 Å². The van der Waals surface area contributed by atoms with E-state index in [-0.39, 0.29) is 22.4 Å². The summed E-state index contributed by atoms with van der Waals surface area (Å²) in [4.78, 5) is 10.4. The van der Waals surface area contributed by atoms with Crippen molar-refractivity contribution < 1.29 is 9.66 Å². The smallest absolute Gasteiger partial charge is 0.312 e. The van der Waals surface area contributed by atoms with Crippen LogP contribution in [0.25, 0.3) is 0 Å². The van der Waals surface area contributed by atoms with Gasteiger partial charge in [0.2, 0.25) is 5.75 Å². The van der Waals surface area contributed by atoms with Crippen molar-refractivity contribution in [3.63, 3.8) is 0 Å². The maximum absolute atomic E-state index is 10.9. The summed E-state index contributed by atoms with van der Waals surface area (Å²) in [5.41, 5.74) is -0.0961. The van der Waals surface area contributed by atoms with E-state index in [4.69, 9.17) is 16.3 Å². The number of nitro groups is 1. The standard InChI is InChI=1S/C13H19ClN2O3/c1-3-7-15-8-10(2)9-19-13-11(14)5-4-6-12(13)16(17)18/h4-6,10,15H,3,7-9H2,1-2H3. The monoisotopic (exact) mass is 286 g/mol. The second-order valence-electron chi connectivity index (χ2n) is 4.47. The maximum Gasteiger partial charge on any atom is 0.312 e. The number of hydrogen-bond acceptors (Lipinski definition) is 4.